The van der Waals surface area contributed by atoms with Crippen LogP contribution in [0.4, 0.5) is 5.69 Å². The first-order chi connectivity index (χ1) is 11.8. The van der Waals surface area contributed by atoms with Gasteiger partial charge in [0, 0.05) is 18.7 Å². The molecule has 2 aromatic rings. The number of rotatable bonds is 8. The Kier molecular flexibility index (Phi) is 6.00. The highest BCUT2D eigenvalue weighted by atomic mass is 32.2. The molecule has 0 radical (unpaired) electrons. The number of aromatic carboxylic acids is 1. The van der Waals surface area contributed by atoms with E-state index in [1.165, 1.54) is 6.07 Å². The number of carboxylic acid groups (broad SMARTS) is 1. The first kappa shape index (κ1) is 18.8. The van der Waals surface area contributed by atoms with Gasteiger partial charge in [-0.15, -0.1) is 0 Å². The second-order valence-electron chi connectivity index (χ2n) is 5.39. The van der Waals surface area contributed by atoms with Crippen LogP contribution in [0.5, 0.6) is 11.5 Å². The van der Waals surface area contributed by atoms with Crippen LogP contribution < -0.4 is 15.2 Å². The quantitative estimate of drug-likeness (QED) is 0.620. The third kappa shape index (κ3) is 4.94. The van der Waals surface area contributed by atoms with Gasteiger partial charge in [0.05, 0.1) is 5.69 Å². The number of anilines is 1. The van der Waals surface area contributed by atoms with E-state index >= 15 is 0 Å². The summed E-state index contributed by atoms with van der Waals surface area (Å²) in [6.45, 7) is 2.49. The van der Waals surface area contributed by atoms with Crippen LogP contribution in [0.25, 0.3) is 0 Å². The Bertz CT molecular complexity index is 851. The molecule has 0 aliphatic carbocycles. The van der Waals surface area contributed by atoms with E-state index in [9.17, 15) is 18.3 Å². The highest BCUT2D eigenvalue weighted by Gasteiger charge is 2.24. The van der Waals surface area contributed by atoms with Crippen LogP contribution in [0.1, 0.15) is 30.1 Å². The number of nitrogens with one attached hydrogen (secondary N) is 1. The van der Waals surface area contributed by atoms with Gasteiger partial charge < -0.3 is 15.2 Å². The molecule has 0 amide bonds. The molecule has 2 rings (SSSR count). The lowest BCUT2D eigenvalue weighted by Crippen LogP contribution is -2.19. The maximum Gasteiger partial charge on any atom is 0.339 e. The number of hydrogen-bond donors (Lipinski definition) is 3. The van der Waals surface area contributed by atoms with Crippen molar-refractivity contribution in [2.75, 3.05) is 11.9 Å². The molecule has 8 heteroatoms. The van der Waals surface area contributed by atoms with Gasteiger partial charge in [-0.3, -0.25) is 0 Å². The molecule has 0 aliphatic rings. The first-order valence-corrected chi connectivity index (χ1v) is 9.28. The zero-order valence-corrected chi connectivity index (χ0v) is 14.5. The fourth-order valence-corrected chi connectivity index (χ4v) is 3.02. The zero-order valence-electron chi connectivity index (χ0n) is 13.7. The van der Waals surface area contributed by atoms with Crippen molar-refractivity contribution in [2.24, 2.45) is 5.14 Å². The summed E-state index contributed by atoms with van der Waals surface area (Å²) in [6.07, 6.45) is 1.70. The van der Waals surface area contributed by atoms with Gasteiger partial charge in [-0.25, -0.2) is 18.4 Å². The van der Waals surface area contributed by atoms with E-state index in [1.807, 2.05) is 13.0 Å². The van der Waals surface area contributed by atoms with Gasteiger partial charge in [-0.05, 0) is 18.6 Å². The molecule has 0 bridgehead atoms. The van der Waals surface area contributed by atoms with E-state index in [1.54, 1.807) is 24.3 Å². The molecule has 0 unspecified atom stereocenters. The average molecular weight is 364 g/mol. The van der Waals surface area contributed by atoms with Crippen LogP contribution in [-0.2, 0) is 10.0 Å². The summed E-state index contributed by atoms with van der Waals surface area (Å²) in [5.74, 6) is -0.709. The van der Waals surface area contributed by atoms with Crippen LogP contribution in [-0.4, -0.2) is 26.0 Å². The number of unbranched alkanes of at least 4 members (excludes halogenated alkanes) is 1. The molecule has 134 valence electrons. The van der Waals surface area contributed by atoms with Crippen LogP contribution in [0.2, 0.25) is 0 Å². The smallest absolute Gasteiger partial charge is 0.339 e. The van der Waals surface area contributed by atoms with Crippen molar-refractivity contribution < 1.29 is 23.1 Å². The Morgan fingerprint density at radius 1 is 1.20 bits per heavy atom. The van der Waals surface area contributed by atoms with Crippen molar-refractivity contribution in [3.63, 3.8) is 0 Å². The van der Waals surface area contributed by atoms with Gasteiger partial charge in [0.25, 0.3) is 0 Å². The van der Waals surface area contributed by atoms with E-state index in [0.29, 0.717) is 12.3 Å². The first-order valence-electron chi connectivity index (χ1n) is 7.74. The number of benzene rings is 2. The summed E-state index contributed by atoms with van der Waals surface area (Å²) in [7, 11) is -4.25. The van der Waals surface area contributed by atoms with E-state index < -0.39 is 20.9 Å². The van der Waals surface area contributed by atoms with Crippen molar-refractivity contribution >= 4 is 21.7 Å². The number of para-hydroxylation sites is 1. The molecule has 0 aromatic heterocycles. The second kappa shape index (κ2) is 8.00. The third-order valence-electron chi connectivity index (χ3n) is 3.42. The summed E-state index contributed by atoms with van der Waals surface area (Å²) in [4.78, 5) is 11.1. The maximum absolute atomic E-state index is 11.9. The van der Waals surface area contributed by atoms with Crippen LogP contribution in [0, 0.1) is 0 Å². The third-order valence-corrected chi connectivity index (χ3v) is 4.36. The number of carboxylic acids is 1. The molecule has 0 spiro atoms. The molecule has 4 N–H and O–H groups in total. The highest BCUT2D eigenvalue weighted by Crippen LogP contribution is 2.32. The monoisotopic (exact) mass is 364 g/mol. The molecule has 7 nitrogen and oxygen atoms in total. The molecule has 0 saturated carbocycles. The van der Waals surface area contributed by atoms with Crippen LogP contribution in [0.15, 0.2) is 47.4 Å². The molecule has 0 aliphatic heterocycles. The van der Waals surface area contributed by atoms with Gasteiger partial charge in [0.1, 0.15) is 22.0 Å². The Hall–Kier alpha value is -2.58. The normalized spacial score (nSPS) is 11.1. The Morgan fingerprint density at radius 3 is 2.44 bits per heavy atom. The molecule has 0 fully saturated rings. The van der Waals surface area contributed by atoms with E-state index in [0.717, 1.165) is 18.9 Å². The maximum atomic E-state index is 11.9. The fraction of sp³-hybridized carbons (Fsp3) is 0.235. The number of carbonyl (C=O) groups is 1. The Balaban J connectivity index is 2.54. The van der Waals surface area contributed by atoms with Crippen molar-refractivity contribution in [1.29, 1.82) is 0 Å². The summed E-state index contributed by atoms with van der Waals surface area (Å²) in [5.41, 5.74) is -0.238. The van der Waals surface area contributed by atoms with E-state index in [2.05, 4.69) is 5.32 Å². The SMILES string of the molecule is CCCCNc1cc(Oc2ccccc2)cc(S(N)(=O)=O)c1C(=O)O. The topological polar surface area (TPSA) is 119 Å². The summed E-state index contributed by atoms with van der Waals surface area (Å²) in [5, 5.41) is 17.6. The van der Waals surface area contributed by atoms with Gasteiger partial charge in [-0.2, -0.15) is 0 Å². The molecule has 25 heavy (non-hydrogen) atoms. The minimum atomic E-state index is -4.25. The van der Waals surface area contributed by atoms with Crippen LogP contribution in [0.3, 0.4) is 0 Å². The lowest BCUT2D eigenvalue weighted by molar-refractivity contribution is 0.0693. The average Bonchev–Trinajstić information content (AvgIpc) is 2.54. The summed E-state index contributed by atoms with van der Waals surface area (Å²) >= 11 is 0. The van der Waals surface area contributed by atoms with Gasteiger partial charge in [-0.1, -0.05) is 31.5 Å². The molecular weight excluding hydrogens is 344 g/mol. The summed E-state index contributed by atoms with van der Waals surface area (Å²) < 4.78 is 29.4. The van der Waals surface area contributed by atoms with Crippen molar-refractivity contribution in [2.45, 2.75) is 24.7 Å². The molecular formula is C17H20N2O5S. The number of primary sulfonamides is 1. The minimum absolute atomic E-state index is 0.151. The highest BCUT2D eigenvalue weighted by molar-refractivity contribution is 7.89. The number of sulfonamides is 1. The van der Waals surface area contributed by atoms with Crippen LogP contribution >= 0.6 is 0 Å². The molecule has 0 atom stereocenters. The summed E-state index contributed by atoms with van der Waals surface area (Å²) in [6, 6.07) is 11.3. The predicted molar refractivity (Wildman–Crippen MR) is 94.7 cm³/mol. The predicted octanol–water partition coefficient (Wildman–Crippen LogP) is 3.04. The number of nitrogens with two attached hydrogens (primary N) is 1. The zero-order chi connectivity index (χ0) is 18.4. The second-order valence-corrected chi connectivity index (χ2v) is 6.92. The van der Waals surface area contributed by atoms with E-state index in [4.69, 9.17) is 9.88 Å². The van der Waals surface area contributed by atoms with Gasteiger partial charge >= 0.3 is 5.97 Å². The van der Waals surface area contributed by atoms with Crippen molar-refractivity contribution in [3.8, 4) is 11.5 Å². The number of ether oxygens (including phenoxy) is 1. The molecule has 0 heterocycles. The number of hydrogen-bond acceptors (Lipinski definition) is 5. The Morgan fingerprint density at radius 2 is 1.88 bits per heavy atom. The minimum Gasteiger partial charge on any atom is -0.478 e. The lowest BCUT2D eigenvalue weighted by atomic mass is 10.1. The standard InChI is InChI=1S/C17H20N2O5S/c1-2-3-9-19-14-10-13(24-12-7-5-4-6-8-12)11-15(25(18,22)23)16(14)17(20)21/h4-8,10-11,19H,2-3,9H2,1H3,(H,20,21)(H2,18,22,23). The Labute approximate surface area is 146 Å². The fourth-order valence-electron chi connectivity index (χ4n) is 2.26. The van der Waals surface area contributed by atoms with E-state index in [-0.39, 0.29) is 17.0 Å². The van der Waals surface area contributed by atoms with Crippen molar-refractivity contribution in [1.82, 2.24) is 0 Å². The molecule has 0 saturated heterocycles. The van der Waals surface area contributed by atoms with Gasteiger partial charge in [0.15, 0.2) is 0 Å². The largest absolute Gasteiger partial charge is 0.478 e. The molecule has 2 aromatic carbocycles. The van der Waals surface area contributed by atoms with Gasteiger partial charge in [0.2, 0.25) is 10.0 Å². The van der Waals surface area contributed by atoms with Crippen molar-refractivity contribution in [3.05, 3.63) is 48.0 Å². The lowest BCUT2D eigenvalue weighted by Gasteiger charge is -2.15.